The Kier molecular flexibility index (Phi) is 4.77. The molecule has 1 aromatic heterocycles. The van der Waals surface area contributed by atoms with E-state index < -0.39 is 5.91 Å². The lowest BCUT2D eigenvalue weighted by Gasteiger charge is -2.06. The van der Waals surface area contributed by atoms with Crippen LogP contribution in [0.1, 0.15) is 16.1 Å². The summed E-state index contributed by atoms with van der Waals surface area (Å²) in [5, 5.41) is 4.03. The molecule has 1 amide bonds. The monoisotopic (exact) mass is 282 g/mol. The Balaban J connectivity index is 0.00000180. The smallest absolute Gasteiger partial charge is 0.269 e. The molecule has 2 aromatic rings. The minimum atomic E-state index is -0.585. The average molecular weight is 283 g/mol. The summed E-state index contributed by atoms with van der Waals surface area (Å²) in [6.45, 7) is 0.430. The number of nitrogens with two attached hydrogens (primary N) is 2. The Morgan fingerprint density at radius 1 is 1.37 bits per heavy atom. The summed E-state index contributed by atoms with van der Waals surface area (Å²) in [6.07, 6.45) is 1.42. The lowest BCUT2D eigenvalue weighted by atomic mass is 10.2. The molecule has 0 saturated carbocycles. The molecular formula is C12H15ClN4O2. The van der Waals surface area contributed by atoms with Crippen molar-refractivity contribution in [2.45, 2.75) is 6.54 Å². The van der Waals surface area contributed by atoms with Gasteiger partial charge in [-0.15, -0.1) is 12.4 Å². The van der Waals surface area contributed by atoms with Crippen LogP contribution in [-0.2, 0) is 6.54 Å². The summed E-state index contributed by atoms with van der Waals surface area (Å²) < 4.78 is 6.55. The SMILES string of the molecule is COc1ccc(Cn2ncc(N)c2C(N)=O)cc1.Cl. The molecule has 4 N–H and O–H groups in total. The minimum absolute atomic E-state index is 0. The summed E-state index contributed by atoms with van der Waals surface area (Å²) >= 11 is 0. The van der Waals surface area contributed by atoms with Crippen LogP contribution in [0.15, 0.2) is 30.5 Å². The molecule has 0 aliphatic rings. The predicted octanol–water partition coefficient (Wildman–Crippen LogP) is 1.04. The molecule has 19 heavy (non-hydrogen) atoms. The van der Waals surface area contributed by atoms with Crippen molar-refractivity contribution in [1.82, 2.24) is 9.78 Å². The summed E-state index contributed by atoms with van der Waals surface area (Å²) in [4.78, 5) is 11.3. The number of nitrogens with zero attached hydrogens (tertiary/aromatic N) is 2. The van der Waals surface area contributed by atoms with E-state index >= 15 is 0 Å². The topological polar surface area (TPSA) is 96.2 Å². The van der Waals surface area contributed by atoms with E-state index in [-0.39, 0.29) is 23.8 Å². The van der Waals surface area contributed by atoms with Gasteiger partial charge in [-0.1, -0.05) is 12.1 Å². The van der Waals surface area contributed by atoms with E-state index in [0.717, 1.165) is 11.3 Å². The first-order chi connectivity index (χ1) is 8.61. The Morgan fingerprint density at radius 3 is 2.53 bits per heavy atom. The minimum Gasteiger partial charge on any atom is -0.497 e. The third-order valence-electron chi connectivity index (χ3n) is 2.59. The Bertz CT molecular complexity index is 566. The molecule has 0 spiro atoms. The Hall–Kier alpha value is -2.21. The van der Waals surface area contributed by atoms with Crippen LogP contribution in [0.5, 0.6) is 5.75 Å². The fourth-order valence-corrected chi connectivity index (χ4v) is 1.69. The van der Waals surface area contributed by atoms with Gasteiger partial charge in [-0.3, -0.25) is 9.48 Å². The first-order valence-corrected chi connectivity index (χ1v) is 5.36. The molecule has 0 saturated heterocycles. The highest BCUT2D eigenvalue weighted by atomic mass is 35.5. The number of benzene rings is 1. The maximum Gasteiger partial charge on any atom is 0.269 e. The molecule has 0 bridgehead atoms. The summed E-state index contributed by atoms with van der Waals surface area (Å²) in [5.74, 6) is 0.187. The number of amides is 1. The first kappa shape index (κ1) is 14.8. The van der Waals surface area contributed by atoms with E-state index in [2.05, 4.69) is 5.10 Å². The van der Waals surface area contributed by atoms with Crippen LogP contribution in [0.2, 0.25) is 0 Å². The molecule has 7 heteroatoms. The van der Waals surface area contributed by atoms with Crippen LogP contribution in [-0.4, -0.2) is 22.8 Å². The zero-order chi connectivity index (χ0) is 13.1. The highest BCUT2D eigenvalue weighted by Crippen LogP contribution is 2.15. The normalized spacial score (nSPS) is 9.74. The van der Waals surface area contributed by atoms with Crippen LogP contribution >= 0.6 is 12.4 Å². The van der Waals surface area contributed by atoms with Crippen molar-refractivity contribution in [3.63, 3.8) is 0 Å². The zero-order valence-corrected chi connectivity index (χ0v) is 11.2. The molecule has 0 atom stereocenters. The van der Waals surface area contributed by atoms with Crippen molar-refractivity contribution in [2.75, 3.05) is 12.8 Å². The summed E-state index contributed by atoms with van der Waals surface area (Å²) in [5.41, 5.74) is 12.4. The van der Waals surface area contributed by atoms with Crippen molar-refractivity contribution in [1.29, 1.82) is 0 Å². The molecule has 1 aromatic carbocycles. The van der Waals surface area contributed by atoms with Gasteiger partial charge in [0.15, 0.2) is 0 Å². The van der Waals surface area contributed by atoms with Gasteiger partial charge in [-0.25, -0.2) is 0 Å². The highest BCUT2D eigenvalue weighted by Gasteiger charge is 2.13. The van der Waals surface area contributed by atoms with Crippen molar-refractivity contribution in [3.05, 3.63) is 41.7 Å². The highest BCUT2D eigenvalue weighted by molar-refractivity contribution is 5.96. The van der Waals surface area contributed by atoms with Crippen molar-refractivity contribution >= 4 is 24.0 Å². The van der Waals surface area contributed by atoms with Crippen LogP contribution in [0.4, 0.5) is 5.69 Å². The zero-order valence-electron chi connectivity index (χ0n) is 10.4. The van der Waals surface area contributed by atoms with Gasteiger partial charge < -0.3 is 16.2 Å². The van der Waals surface area contributed by atoms with Gasteiger partial charge >= 0.3 is 0 Å². The molecule has 0 aliphatic carbocycles. The molecule has 1 heterocycles. The maximum absolute atomic E-state index is 11.3. The second-order valence-electron chi connectivity index (χ2n) is 3.82. The van der Waals surface area contributed by atoms with Crippen molar-refractivity contribution in [3.8, 4) is 5.75 Å². The average Bonchev–Trinajstić information content (AvgIpc) is 2.71. The van der Waals surface area contributed by atoms with E-state index in [4.69, 9.17) is 16.2 Å². The second kappa shape index (κ2) is 6.10. The molecule has 0 aliphatic heterocycles. The maximum atomic E-state index is 11.3. The third kappa shape index (κ3) is 3.17. The number of carbonyl (C=O) groups is 1. The quantitative estimate of drug-likeness (QED) is 0.876. The molecule has 0 fully saturated rings. The number of halogens is 1. The van der Waals surface area contributed by atoms with Gasteiger partial charge in [-0.05, 0) is 17.7 Å². The number of carbonyl (C=O) groups excluding carboxylic acids is 1. The predicted molar refractivity (Wildman–Crippen MR) is 74.5 cm³/mol. The number of aromatic nitrogens is 2. The molecular weight excluding hydrogens is 268 g/mol. The lowest BCUT2D eigenvalue weighted by Crippen LogP contribution is -2.19. The number of anilines is 1. The third-order valence-corrected chi connectivity index (χ3v) is 2.59. The van der Waals surface area contributed by atoms with Gasteiger partial charge in [0, 0.05) is 0 Å². The van der Waals surface area contributed by atoms with E-state index in [0.29, 0.717) is 6.54 Å². The number of hydrogen-bond donors (Lipinski definition) is 2. The van der Waals surface area contributed by atoms with E-state index in [9.17, 15) is 4.79 Å². The van der Waals surface area contributed by atoms with Crippen LogP contribution < -0.4 is 16.2 Å². The Labute approximate surface area is 116 Å². The molecule has 2 rings (SSSR count). The van der Waals surface area contributed by atoms with Gasteiger partial charge in [0.1, 0.15) is 11.4 Å². The van der Waals surface area contributed by atoms with Gasteiger partial charge in [0.25, 0.3) is 5.91 Å². The van der Waals surface area contributed by atoms with Crippen LogP contribution in [0.25, 0.3) is 0 Å². The summed E-state index contributed by atoms with van der Waals surface area (Å²) in [7, 11) is 1.61. The van der Waals surface area contributed by atoms with Crippen LogP contribution in [0.3, 0.4) is 0 Å². The fourth-order valence-electron chi connectivity index (χ4n) is 1.69. The standard InChI is InChI=1S/C12H14N4O2.ClH/c1-18-9-4-2-8(3-5-9)7-16-11(12(14)17)10(13)6-15-16;/h2-6H,7,13H2,1H3,(H2,14,17);1H. The number of rotatable bonds is 4. The second-order valence-corrected chi connectivity index (χ2v) is 3.82. The number of ether oxygens (including phenoxy) is 1. The lowest BCUT2D eigenvalue weighted by molar-refractivity contribution is 0.0991. The van der Waals surface area contributed by atoms with Gasteiger partial charge in [0.05, 0.1) is 25.5 Å². The molecule has 0 unspecified atom stereocenters. The first-order valence-electron chi connectivity index (χ1n) is 5.36. The fraction of sp³-hybridized carbons (Fsp3) is 0.167. The van der Waals surface area contributed by atoms with Crippen molar-refractivity contribution in [2.24, 2.45) is 5.73 Å². The number of nitrogen functional groups attached to an aromatic ring is 1. The van der Waals surface area contributed by atoms with E-state index in [1.165, 1.54) is 10.9 Å². The molecule has 102 valence electrons. The van der Waals surface area contributed by atoms with Gasteiger partial charge in [0.2, 0.25) is 0 Å². The number of primary amides is 1. The Morgan fingerprint density at radius 2 is 2.00 bits per heavy atom. The van der Waals surface area contributed by atoms with Crippen LogP contribution in [0, 0.1) is 0 Å². The molecule has 0 radical (unpaired) electrons. The largest absolute Gasteiger partial charge is 0.497 e. The van der Waals surface area contributed by atoms with E-state index in [1.807, 2.05) is 24.3 Å². The van der Waals surface area contributed by atoms with E-state index in [1.54, 1.807) is 7.11 Å². The van der Waals surface area contributed by atoms with Crippen molar-refractivity contribution < 1.29 is 9.53 Å². The number of hydrogen-bond acceptors (Lipinski definition) is 4. The molecule has 6 nitrogen and oxygen atoms in total. The number of methoxy groups -OCH3 is 1. The summed E-state index contributed by atoms with van der Waals surface area (Å²) in [6, 6.07) is 7.46. The van der Waals surface area contributed by atoms with Gasteiger partial charge in [-0.2, -0.15) is 5.10 Å².